The molecular formula is C4H6ClNS. The van der Waals surface area contributed by atoms with Crippen molar-refractivity contribution in [2.75, 3.05) is 0 Å². The Morgan fingerprint density at radius 3 is 2.86 bits per heavy atom. The summed E-state index contributed by atoms with van der Waals surface area (Å²) in [6, 6.07) is 0. The number of hydrogen-bond acceptors (Lipinski definition) is 2. The molecule has 1 aliphatic rings. The van der Waals surface area contributed by atoms with Gasteiger partial charge in [0.1, 0.15) is 0 Å². The average molecular weight is 136 g/mol. The summed E-state index contributed by atoms with van der Waals surface area (Å²) in [5, 5.41) is 3.50. The monoisotopic (exact) mass is 135 g/mol. The molecule has 7 heavy (non-hydrogen) atoms. The summed E-state index contributed by atoms with van der Waals surface area (Å²) in [7, 11) is 0. The lowest BCUT2D eigenvalue weighted by Gasteiger charge is -1.96. The van der Waals surface area contributed by atoms with Crippen LogP contribution in [0.25, 0.3) is 0 Å². The molecule has 1 heterocycles. The zero-order valence-electron chi connectivity index (χ0n) is 3.94. The lowest BCUT2D eigenvalue weighted by molar-refractivity contribution is 0.874. The van der Waals surface area contributed by atoms with Crippen molar-refractivity contribution in [2.24, 2.45) is 0 Å². The van der Waals surface area contributed by atoms with E-state index in [0.29, 0.717) is 5.37 Å². The Kier molecular flexibility index (Phi) is 1.50. The van der Waals surface area contributed by atoms with Gasteiger partial charge in [-0.05, 0) is 6.92 Å². The van der Waals surface area contributed by atoms with E-state index < -0.39 is 0 Å². The first kappa shape index (κ1) is 5.32. The van der Waals surface area contributed by atoms with Crippen LogP contribution in [0.4, 0.5) is 0 Å². The summed E-state index contributed by atoms with van der Waals surface area (Å²) < 4.78 is 0.854. The molecule has 0 saturated heterocycles. The third-order valence-corrected chi connectivity index (χ3v) is 1.93. The van der Waals surface area contributed by atoms with E-state index in [9.17, 15) is 0 Å². The molecule has 1 nitrogen and oxygen atoms in total. The maximum absolute atomic E-state index is 5.57. The van der Waals surface area contributed by atoms with Gasteiger partial charge in [0.2, 0.25) is 0 Å². The molecular weight excluding hydrogens is 130 g/mol. The average Bonchev–Trinajstić information content (AvgIpc) is 1.87. The predicted molar refractivity (Wildman–Crippen MR) is 34.1 cm³/mol. The molecule has 0 spiro atoms. The Labute approximate surface area is 52.1 Å². The molecule has 0 bridgehead atoms. The smallest absolute Gasteiger partial charge is 0.0911 e. The number of rotatable bonds is 0. The largest absolute Gasteiger partial charge is 0.377 e. The van der Waals surface area contributed by atoms with Gasteiger partial charge in [-0.1, -0.05) is 23.4 Å². The zero-order chi connectivity index (χ0) is 5.28. The topological polar surface area (TPSA) is 12.0 Å². The summed E-state index contributed by atoms with van der Waals surface area (Å²) in [5.74, 6) is 0. The van der Waals surface area contributed by atoms with E-state index >= 15 is 0 Å². The third-order valence-electron chi connectivity index (χ3n) is 0.721. The summed E-state index contributed by atoms with van der Waals surface area (Å²) in [5.41, 5.74) is 0. The van der Waals surface area contributed by atoms with Gasteiger partial charge in [-0.15, -0.1) is 0 Å². The maximum Gasteiger partial charge on any atom is 0.0911 e. The zero-order valence-corrected chi connectivity index (χ0v) is 5.51. The van der Waals surface area contributed by atoms with Crippen molar-refractivity contribution < 1.29 is 0 Å². The van der Waals surface area contributed by atoms with Crippen LogP contribution in [0, 0.1) is 0 Å². The number of thioether (sulfide) groups is 1. The highest BCUT2D eigenvalue weighted by atomic mass is 35.5. The van der Waals surface area contributed by atoms with E-state index in [2.05, 4.69) is 12.2 Å². The van der Waals surface area contributed by atoms with E-state index in [1.165, 1.54) is 0 Å². The Morgan fingerprint density at radius 1 is 2.00 bits per heavy atom. The fourth-order valence-corrected chi connectivity index (χ4v) is 1.49. The van der Waals surface area contributed by atoms with Crippen LogP contribution in [-0.4, -0.2) is 5.37 Å². The highest BCUT2D eigenvalue weighted by Gasteiger charge is 2.07. The van der Waals surface area contributed by atoms with Gasteiger partial charge in [-0.3, -0.25) is 0 Å². The van der Waals surface area contributed by atoms with E-state index in [0.717, 1.165) is 4.36 Å². The lowest BCUT2D eigenvalue weighted by Crippen LogP contribution is -2.09. The highest BCUT2D eigenvalue weighted by Crippen LogP contribution is 2.27. The molecule has 0 aromatic rings. The molecule has 0 fully saturated rings. The highest BCUT2D eigenvalue weighted by molar-refractivity contribution is 8.05. The normalized spacial score (nSPS) is 29.4. The minimum atomic E-state index is 0.465. The van der Waals surface area contributed by atoms with Gasteiger partial charge in [-0.2, -0.15) is 0 Å². The van der Waals surface area contributed by atoms with Crippen LogP contribution in [0.2, 0.25) is 0 Å². The lowest BCUT2D eigenvalue weighted by atomic mass is 10.7. The fraction of sp³-hybridized carbons (Fsp3) is 0.500. The van der Waals surface area contributed by atoms with Crippen LogP contribution in [0.15, 0.2) is 10.6 Å². The number of halogens is 1. The summed E-state index contributed by atoms with van der Waals surface area (Å²) in [4.78, 5) is 0. The molecule has 0 radical (unpaired) electrons. The van der Waals surface area contributed by atoms with Crippen LogP contribution in [0.1, 0.15) is 6.92 Å². The summed E-state index contributed by atoms with van der Waals surface area (Å²) >= 11 is 7.20. The second-order valence-corrected chi connectivity index (χ2v) is 3.39. The van der Waals surface area contributed by atoms with Crippen molar-refractivity contribution in [1.29, 1.82) is 0 Å². The van der Waals surface area contributed by atoms with Crippen molar-refractivity contribution >= 4 is 23.4 Å². The van der Waals surface area contributed by atoms with Gasteiger partial charge in [0, 0.05) is 6.20 Å². The van der Waals surface area contributed by atoms with Crippen molar-refractivity contribution in [3.05, 3.63) is 10.6 Å². The molecule has 0 saturated carbocycles. The minimum Gasteiger partial charge on any atom is -0.377 e. The molecule has 1 aliphatic heterocycles. The minimum absolute atomic E-state index is 0.465. The Morgan fingerprint density at radius 2 is 2.71 bits per heavy atom. The van der Waals surface area contributed by atoms with E-state index in [1.807, 2.05) is 6.20 Å². The first-order chi connectivity index (χ1) is 3.29. The molecule has 0 amide bonds. The van der Waals surface area contributed by atoms with Gasteiger partial charge >= 0.3 is 0 Å². The molecule has 1 atom stereocenters. The molecule has 0 aromatic heterocycles. The molecule has 1 rings (SSSR count). The van der Waals surface area contributed by atoms with Crippen LogP contribution in [0.5, 0.6) is 0 Å². The summed E-state index contributed by atoms with van der Waals surface area (Å²) in [6.45, 7) is 2.07. The SMILES string of the molecule is CC1NC=C(Cl)S1. The second-order valence-electron chi connectivity index (χ2n) is 1.38. The van der Waals surface area contributed by atoms with Crippen LogP contribution < -0.4 is 5.32 Å². The van der Waals surface area contributed by atoms with E-state index in [1.54, 1.807) is 11.8 Å². The number of hydrogen-bond donors (Lipinski definition) is 1. The molecule has 40 valence electrons. The van der Waals surface area contributed by atoms with Crippen molar-refractivity contribution in [3.8, 4) is 0 Å². The van der Waals surface area contributed by atoms with Crippen molar-refractivity contribution in [3.63, 3.8) is 0 Å². The standard InChI is InChI=1S/C4H6ClNS/c1-3-6-2-4(5)7-3/h2-3,6H,1H3. The second kappa shape index (κ2) is 1.97. The predicted octanol–water partition coefficient (Wildman–Crippen LogP) is 1.71. The molecule has 0 aliphatic carbocycles. The first-order valence-corrected chi connectivity index (χ1v) is 3.33. The number of nitrogens with one attached hydrogen (secondary N) is 1. The summed E-state index contributed by atoms with van der Waals surface area (Å²) in [6.07, 6.45) is 1.82. The fourth-order valence-electron chi connectivity index (χ4n) is 0.420. The Hall–Kier alpha value is 0.180. The first-order valence-electron chi connectivity index (χ1n) is 2.07. The van der Waals surface area contributed by atoms with E-state index in [4.69, 9.17) is 11.6 Å². The molecule has 3 heteroatoms. The van der Waals surface area contributed by atoms with Gasteiger partial charge in [0.05, 0.1) is 9.74 Å². The van der Waals surface area contributed by atoms with Crippen LogP contribution in [0.3, 0.4) is 0 Å². The van der Waals surface area contributed by atoms with Gasteiger partial charge in [0.25, 0.3) is 0 Å². The van der Waals surface area contributed by atoms with Gasteiger partial charge < -0.3 is 5.32 Å². The Balaban J connectivity index is 2.42. The molecule has 1 unspecified atom stereocenters. The van der Waals surface area contributed by atoms with E-state index in [-0.39, 0.29) is 0 Å². The van der Waals surface area contributed by atoms with Gasteiger partial charge in [0.15, 0.2) is 0 Å². The van der Waals surface area contributed by atoms with Crippen molar-refractivity contribution in [1.82, 2.24) is 5.32 Å². The van der Waals surface area contributed by atoms with Crippen molar-refractivity contribution in [2.45, 2.75) is 12.3 Å². The Bertz CT molecular complexity index is 102. The molecule has 0 aromatic carbocycles. The van der Waals surface area contributed by atoms with Crippen LogP contribution in [-0.2, 0) is 0 Å². The maximum atomic E-state index is 5.57. The molecule has 1 N–H and O–H groups in total. The van der Waals surface area contributed by atoms with Gasteiger partial charge in [-0.25, -0.2) is 0 Å². The third kappa shape index (κ3) is 1.28. The van der Waals surface area contributed by atoms with Crippen LogP contribution >= 0.6 is 23.4 Å². The quantitative estimate of drug-likeness (QED) is 0.543.